The third-order valence-electron chi connectivity index (χ3n) is 3.25. The molecular weight excluding hydrogens is 230 g/mol. The molecule has 2 aliphatic rings. The number of rotatable bonds is 1. The van der Waals surface area contributed by atoms with Crippen molar-refractivity contribution in [3.05, 3.63) is 29.0 Å². The Bertz CT molecular complexity index is 602. The Labute approximate surface area is 105 Å². The van der Waals surface area contributed by atoms with Gasteiger partial charge in [-0.25, -0.2) is 4.98 Å². The van der Waals surface area contributed by atoms with Crippen molar-refractivity contribution in [1.82, 2.24) is 10.3 Å². The van der Waals surface area contributed by atoms with E-state index in [2.05, 4.69) is 15.3 Å². The Kier molecular flexibility index (Phi) is 2.40. The number of ether oxygens (including phenoxy) is 1. The second kappa shape index (κ2) is 3.94. The van der Waals surface area contributed by atoms with Gasteiger partial charge in [0.05, 0.1) is 24.9 Å². The van der Waals surface area contributed by atoms with Crippen LogP contribution in [-0.2, 0) is 0 Å². The topological polar surface area (TPSA) is 63.6 Å². The molecule has 0 radical (unpaired) electrons. The summed E-state index contributed by atoms with van der Waals surface area (Å²) in [5, 5.41) is 2.88. The molecule has 0 unspecified atom stereocenters. The molecule has 1 aromatic rings. The third kappa shape index (κ3) is 1.51. The summed E-state index contributed by atoms with van der Waals surface area (Å²) in [6.07, 6.45) is 0. The standard InChI is InChI=1S/C13H13N3O2/c1-7-11-8(5-14-7)6-15-13(17)9-3-4-10(18-2)16-12(9)11/h3-4H,5-6H2,1-2H3,(H,15,17). The summed E-state index contributed by atoms with van der Waals surface area (Å²) in [7, 11) is 1.57. The Hall–Kier alpha value is -2.17. The summed E-state index contributed by atoms with van der Waals surface area (Å²) in [4.78, 5) is 20.8. The van der Waals surface area contributed by atoms with Crippen molar-refractivity contribution >= 4 is 17.2 Å². The van der Waals surface area contributed by atoms with Gasteiger partial charge in [-0.2, -0.15) is 0 Å². The van der Waals surface area contributed by atoms with Crippen molar-refractivity contribution in [2.45, 2.75) is 6.92 Å². The molecule has 5 heteroatoms. The lowest BCUT2D eigenvalue weighted by Crippen LogP contribution is -2.24. The Morgan fingerprint density at radius 3 is 3.00 bits per heavy atom. The number of hydrogen-bond acceptors (Lipinski definition) is 4. The van der Waals surface area contributed by atoms with Crippen molar-refractivity contribution in [3.63, 3.8) is 0 Å². The van der Waals surface area contributed by atoms with Crippen LogP contribution in [0.15, 0.2) is 22.7 Å². The lowest BCUT2D eigenvalue weighted by molar-refractivity contribution is 0.0957. The number of carbonyl (C=O) groups excluding carboxylic acids is 1. The predicted molar refractivity (Wildman–Crippen MR) is 68.0 cm³/mol. The van der Waals surface area contributed by atoms with Crippen LogP contribution in [0.4, 0.5) is 0 Å². The number of aromatic nitrogens is 1. The highest BCUT2D eigenvalue weighted by atomic mass is 16.5. The molecule has 0 atom stereocenters. The maximum Gasteiger partial charge on any atom is 0.253 e. The van der Waals surface area contributed by atoms with Crippen molar-refractivity contribution in [2.75, 3.05) is 20.2 Å². The Morgan fingerprint density at radius 1 is 1.39 bits per heavy atom. The Balaban J connectivity index is 2.25. The van der Waals surface area contributed by atoms with Gasteiger partial charge in [-0.05, 0) is 18.6 Å². The lowest BCUT2D eigenvalue weighted by atomic mass is 10.0. The number of nitrogens with zero attached hydrogens (tertiary/aromatic N) is 2. The van der Waals surface area contributed by atoms with Crippen LogP contribution in [0, 0.1) is 0 Å². The van der Waals surface area contributed by atoms with Gasteiger partial charge in [0.15, 0.2) is 0 Å². The molecule has 0 spiro atoms. The molecule has 2 aliphatic heterocycles. The molecule has 1 N–H and O–H groups in total. The SMILES string of the molecule is COc1ccc2c(n1)C1=C(CN=C1C)CNC2=O. The lowest BCUT2D eigenvalue weighted by Gasteiger charge is -2.08. The van der Waals surface area contributed by atoms with Crippen LogP contribution < -0.4 is 10.1 Å². The average Bonchev–Trinajstić information content (AvgIpc) is 2.69. The summed E-state index contributed by atoms with van der Waals surface area (Å²) in [5.41, 5.74) is 4.29. The van der Waals surface area contributed by atoms with Gasteiger partial charge in [0.25, 0.3) is 5.91 Å². The molecule has 1 amide bonds. The molecule has 0 bridgehead atoms. The molecular formula is C13H13N3O2. The zero-order valence-corrected chi connectivity index (χ0v) is 10.3. The fourth-order valence-electron chi connectivity index (χ4n) is 2.32. The van der Waals surface area contributed by atoms with E-state index in [1.165, 1.54) is 0 Å². The molecule has 92 valence electrons. The van der Waals surface area contributed by atoms with Crippen molar-refractivity contribution in [2.24, 2.45) is 4.99 Å². The van der Waals surface area contributed by atoms with E-state index in [1.54, 1.807) is 19.2 Å². The monoisotopic (exact) mass is 243 g/mol. The maximum atomic E-state index is 12.0. The smallest absolute Gasteiger partial charge is 0.253 e. The average molecular weight is 243 g/mol. The summed E-state index contributed by atoms with van der Waals surface area (Å²) in [5.74, 6) is 0.414. The number of carbonyl (C=O) groups is 1. The van der Waals surface area contributed by atoms with Crippen LogP contribution in [0.5, 0.6) is 5.88 Å². The number of pyridine rings is 1. The highest BCUT2D eigenvalue weighted by Gasteiger charge is 2.27. The molecule has 0 saturated heterocycles. The first-order valence-corrected chi connectivity index (χ1v) is 5.77. The third-order valence-corrected chi connectivity index (χ3v) is 3.25. The fraction of sp³-hybridized carbons (Fsp3) is 0.308. The first-order valence-electron chi connectivity index (χ1n) is 5.77. The van der Waals surface area contributed by atoms with Gasteiger partial charge in [0.1, 0.15) is 0 Å². The van der Waals surface area contributed by atoms with Crippen LogP contribution in [0.2, 0.25) is 0 Å². The fourth-order valence-corrected chi connectivity index (χ4v) is 2.32. The largest absolute Gasteiger partial charge is 0.481 e. The minimum Gasteiger partial charge on any atom is -0.481 e. The highest BCUT2D eigenvalue weighted by molar-refractivity contribution is 6.27. The quantitative estimate of drug-likeness (QED) is 0.802. The maximum absolute atomic E-state index is 12.0. The van der Waals surface area contributed by atoms with Gasteiger partial charge in [-0.3, -0.25) is 9.79 Å². The van der Waals surface area contributed by atoms with E-state index in [0.29, 0.717) is 30.2 Å². The highest BCUT2D eigenvalue weighted by Crippen LogP contribution is 2.30. The summed E-state index contributed by atoms with van der Waals surface area (Å²) in [6, 6.07) is 3.45. The molecule has 1 aromatic heterocycles. The number of allylic oxidation sites excluding steroid dienone is 1. The van der Waals surface area contributed by atoms with Gasteiger partial charge in [-0.15, -0.1) is 0 Å². The van der Waals surface area contributed by atoms with Crippen LogP contribution in [0.3, 0.4) is 0 Å². The minimum absolute atomic E-state index is 0.0950. The number of amides is 1. The van der Waals surface area contributed by atoms with Crippen LogP contribution >= 0.6 is 0 Å². The summed E-state index contributed by atoms with van der Waals surface area (Å²) in [6.45, 7) is 3.12. The van der Waals surface area contributed by atoms with Crippen molar-refractivity contribution < 1.29 is 9.53 Å². The van der Waals surface area contributed by atoms with Crippen LogP contribution in [-0.4, -0.2) is 36.8 Å². The predicted octanol–water partition coefficient (Wildman–Crippen LogP) is 1.06. The molecule has 3 heterocycles. The molecule has 18 heavy (non-hydrogen) atoms. The van der Waals surface area contributed by atoms with Crippen LogP contribution in [0.25, 0.3) is 5.57 Å². The van der Waals surface area contributed by atoms with Gasteiger partial charge >= 0.3 is 0 Å². The van der Waals surface area contributed by atoms with E-state index in [1.807, 2.05) is 6.92 Å². The minimum atomic E-state index is -0.0950. The first kappa shape index (κ1) is 11.0. The zero-order chi connectivity index (χ0) is 12.7. The normalized spacial score (nSPS) is 17.7. The second-order valence-corrected chi connectivity index (χ2v) is 4.31. The zero-order valence-electron chi connectivity index (χ0n) is 10.3. The molecule has 0 aliphatic carbocycles. The van der Waals surface area contributed by atoms with E-state index in [9.17, 15) is 4.79 Å². The van der Waals surface area contributed by atoms with Gasteiger partial charge in [0, 0.05) is 23.9 Å². The van der Waals surface area contributed by atoms with Gasteiger partial charge < -0.3 is 10.1 Å². The van der Waals surface area contributed by atoms with Crippen molar-refractivity contribution in [3.8, 4) is 5.88 Å². The number of nitrogens with one attached hydrogen (secondary N) is 1. The first-order chi connectivity index (χ1) is 8.70. The van der Waals surface area contributed by atoms with E-state index < -0.39 is 0 Å². The van der Waals surface area contributed by atoms with E-state index >= 15 is 0 Å². The number of fused-ring (bicyclic) bond motifs is 2. The van der Waals surface area contributed by atoms with Gasteiger partial charge in [0.2, 0.25) is 5.88 Å². The number of aliphatic imine (C=N–C) groups is 1. The number of hydrogen-bond donors (Lipinski definition) is 1. The van der Waals surface area contributed by atoms with E-state index in [-0.39, 0.29) is 5.91 Å². The molecule has 0 aromatic carbocycles. The Morgan fingerprint density at radius 2 is 2.22 bits per heavy atom. The summed E-state index contributed by atoms with van der Waals surface area (Å²) < 4.78 is 5.13. The van der Waals surface area contributed by atoms with Crippen molar-refractivity contribution in [1.29, 1.82) is 0 Å². The second-order valence-electron chi connectivity index (χ2n) is 4.31. The molecule has 0 saturated carbocycles. The number of methoxy groups -OCH3 is 1. The van der Waals surface area contributed by atoms with Crippen LogP contribution in [0.1, 0.15) is 23.0 Å². The molecule has 0 fully saturated rings. The van der Waals surface area contributed by atoms with Gasteiger partial charge in [-0.1, -0.05) is 0 Å². The summed E-state index contributed by atoms with van der Waals surface area (Å²) >= 11 is 0. The van der Waals surface area contributed by atoms with E-state index in [0.717, 1.165) is 16.9 Å². The molecule has 5 nitrogen and oxygen atoms in total. The molecule has 3 rings (SSSR count). The van der Waals surface area contributed by atoms with E-state index in [4.69, 9.17) is 4.74 Å².